The number of piperazine rings is 1. The topological polar surface area (TPSA) is 35.6 Å². The monoisotopic (exact) mass is 374 g/mol. The van der Waals surface area contributed by atoms with Gasteiger partial charge in [0.1, 0.15) is 0 Å². The first-order chi connectivity index (χ1) is 9.58. The van der Waals surface area contributed by atoms with Crippen molar-refractivity contribution in [1.82, 2.24) is 9.80 Å². The van der Waals surface area contributed by atoms with Gasteiger partial charge in [-0.25, -0.2) is 0 Å². The first-order valence-corrected chi connectivity index (χ1v) is 7.88. The molecule has 0 radical (unpaired) electrons. The van der Waals surface area contributed by atoms with Gasteiger partial charge in [-0.1, -0.05) is 28.9 Å². The molecule has 0 atom stereocenters. The van der Waals surface area contributed by atoms with Crippen LogP contribution >= 0.6 is 15.9 Å². The second-order valence-electron chi connectivity index (χ2n) is 5.22. The second kappa shape index (κ2) is 8.73. The number of halogens is 2. The highest BCUT2D eigenvalue weighted by Crippen LogP contribution is 2.20. The van der Waals surface area contributed by atoms with Crippen LogP contribution in [-0.4, -0.2) is 55.0 Å². The minimum absolute atomic E-state index is 0. The van der Waals surface area contributed by atoms with Crippen LogP contribution in [-0.2, 0) is 4.79 Å². The van der Waals surface area contributed by atoms with E-state index in [0.29, 0.717) is 6.54 Å². The number of aryl methyl sites for hydroxylation is 1. The van der Waals surface area contributed by atoms with E-state index >= 15 is 0 Å². The molecule has 6 heteroatoms. The summed E-state index contributed by atoms with van der Waals surface area (Å²) in [6.45, 7) is 9.83. The Morgan fingerprint density at radius 1 is 1.24 bits per heavy atom. The number of anilines is 1. The van der Waals surface area contributed by atoms with Crippen LogP contribution in [0.4, 0.5) is 5.69 Å². The van der Waals surface area contributed by atoms with Gasteiger partial charge >= 0.3 is 0 Å². The fraction of sp³-hybridized carbons (Fsp3) is 0.533. The smallest absolute Gasteiger partial charge is 0.238 e. The molecule has 1 aliphatic heterocycles. The molecule has 1 amide bonds. The molecule has 1 N–H and O–H groups in total. The number of rotatable bonds is 4. The Morgan fingerprint density at radius 2 is 1.86 bits per heavy atom. The number of amides is 1. The van der Waals surface area contributed by atoms with Gasteiger partial charge < -0.3 is 22.6 Å². The molecule has 1 saturated heterocycles. The van der Waals surface area contributed by atoms with E-state index < -0.39 is 0 Å². The van der Waals surface area contributed by atoms with Gasteiger partial charge in [0, 0.05) is 36.3 Å². The van der Waals surface area contributed by atoms with E-state index in [1.807, 2.05) is 25.1 Å². The van der Waals surface area contributed by atoms with E-state index in [9.17, 15) is 4.79 Å². The molecule has 0 saturated carbocycles. The fourth-order valence-electron chi connectivity index (χ4n) is 2.34. The Bertz CT molecular complexity index is 476. The molecule has 21 heavy (non-hydrogen) atoms. The predicted molar refractivity (Wildman–Crippen MR) is 86.1 cm³/mol. The molecule has 0 unspecified atom stereocenters. The average molecular weight is 376 g/mol. The summed E-state index contributed by atoms with van der Waals surface area (Å²) in [6, 6.07) is 5.88. The van der Waals surface area contributed by atoms with E-state index in [1.165, 1.54) is 5.56 Å². The Morgan fingerprint density at radius 3 is 2.43 bits per heavy atom. The van der Waals surface area contributed by atoms with Crippen LogP contribution in [0.25, 0.3) is 0 Å². The van der Waals surface area contributed by atoms with Gasteiger partial charge in [0.15, 0.2) is 0 Å². The van der Waals surface area contributed by atoms with Crippen LogP contribution in [0.2, 0.25) is 0 Å². The SMILES string of the molecule is CCN1CCN(CC(=O)Nc2ccc(C)c(Br)c2)CC1.[Cl-]. The maximum Gasteiger partial charge on any atom is 0.238 e. The molecule has 118 valence electrons. The first-order valence-electron chi connectivity index (χ1n) is 7.09. The van der Waals surface area contributed by atoms with Crippen LogP contribution in [0.1, 0.15) is 12.5 Å². The lowest BCUT2D eigenvalue weighted by atomic mass is 10.2. The van der Waals surface area contributed by atoms with E-state index in [4.69, 9.17) is 0 Å². The van der Waals surface area contributed by atoms with Crippen molar-refractivity contribution in [2.24, 2.45) is 0 Å². The lowest BCUT2D eigenvalue weighted by Crippen LogP contribution is -3.00. The first kappa shape index (κ1) is 18.4. The van der Waals surface area contributed by atoms with E-state index in [1.54, 1.807) is 0 Å². The van der Waals surface area contributed by atoms with Crippen LogP contribution in [0.5, 0.6) is 0 Å². The van der Waals surface area contributed by atoms with Gasteiger partial charge in [0.05, 0.1) is 6.54 Å². The van der Waals surface area contributed by atoms with Crippen LogP contribution < -0.4 is 17.7 Å². The fourth-order valence-corrected chi connectivity index (χ4v) is 2.72. The van der Waals surface area contributed by atoms with Crippen molar-refractivity contribution in [2.75, 3.05) is 44.6 Å². The average Bonchev–Trinajstić information content (AvgIpc) is 2.44. The maximum absolute atomic E-state index is 12.0. The number of nitrogens with zero attached hydrogens (tertiary/aromatic N) is 2. The number of nitrogens with one attached hydrogen (secondary N) is 1. The highest BCUT2D eigenvalue weighted by molar-refractivity contribution is 9.10. The summed E-state index contributed by atoms with van der Waals surface area (Å²) in [5.41, 5.74) is 2.01. The van der Waals surface area contributed by atoms with Gasteiger partial charge in [-0.15, -0.1) is 0 Å². The van der Waals surface area contributed by atoms with Gasteiger partial charge in [0.2, 0.25) is 5.91 Å². The number of likely N-dealkylation sites (N-methyl/N-ethyl adjacent to an activating group) is 1. The second-order valence-corrected chi connectivity index (χ2v) is 6.08. The Hall–Kier alpha value is -0.620. The van der Waals surface area contributed by atoms with Gasteiger partial charge in [-0.05, 0) is 31.2 Å². The van der Waals surface area contributed by atoms with Crippen molar-refractivity contribution in [3.05, 3.63) is 28.2 Å². The summed E-state index contributed by atoms with van der Waals surface area (Å²) in [7, 11) is 0. The molecule has 4 nitrogen and oxygen atoms in total. The van der Waals surface area contributed by atoms with Crippen LogP contribution in [0.3, 0.4) is 0 Å². The highest BCUT2D eigenvalue weighted by Gasteiger charge is 2.17. The highest BCUT2D eigenvalue weighted by atomic mass is 79.9. The minimum atomic E-state index is 0. The molecular formula is C15H22BrClN3O-. The van der Waals surface area contributed by atoms with E-state index in [-0.39, 0.29) is 18.3 Å². The number of carbonyl (C=O) groups excluding carboxylic acids is 1. The van der Waals surface area contributed by atoms with Crippen molar-refractivity contribution in [3.63, 3.8) is 0 Å². The van der Waals surface area contributed by atoms with Crippen LogP contribution in [0.15, 0.2) is 22.7 Å². The molecule has 1 aromatic carbocycles. The van der Waals surface area contributed by atoms with Crippen molar-refractivity contribution in [1.29, 1.82) is 0 Å². The lowest BCUT2D eigenvalue weighted by molar-refractivity contribution is -0.117. The number of hydrogen-bond acceptors (Lipinski definition) is 3. The largest absolute Gasteiger partial charge is 1.00 e. The quantitative estimate of drug-likeness (QED) is 0.759. The molecule has 0 spiro atoms. The van der Waals surface area contributed by atoms with Crippen molar-refractivity contribution < 1.29 is 17.2 Å². The lowest BCUT2D eigenvalue weighted by Gasteiger charge is -2.33. The molecule has 1 aromatic rings. The third-order valence-corrected chi connectivity index (χ3v) is 4.59. The number of benzene rings is 1. The van der Waals surface area contributed by atoms with Crippen molar-refractivity contribution in [3.8, 4) is 0 Å². The molecule has 0 aliphatic carbocycles. The molecule has 0 bridgehead atoms. The number of hydrogen-bond donors (Lipinski definition) is 1. The van der Waals surface area contributed by atoms with E-state index in [2.05, 4.69) is 38.0 Å². The molecule has 2 rings (SSSR count). The zero-order valence-corrected chi connectivity index (χ0v) is 14.9. The normalized spacial score (nSPS) is 16.3. The summed E-state index contributed by atoms with van der Waals surface area (Å²) < 4.78 is 1.02. The predicted octanol–water partition coefficient (Wildman–Crippen LogP) is -0.662. The Kier molecular flexibility index (Phi) is 7.66. The molecule has 1 heterocycles. The molecule has 1 aliphatic rings. The molecule has 0 aromatic heterocycles. The maximum atomic E-state index is 12.0. The summed E-state index contributed by atoms with van der Waals surface area (Å²) >= 11 is 3.48. The van der Waals surface area contributed by atoms with Gasteiger partial charge in [-0.3, -0.25) is 9.69 Å². The molecule has 1 fully saturated rings. The van der Waals surface area contributed by atoms with Gasteiger partial charge in [-0.2, -0.15) is 0 Å². The Balaban J connectivity index is 0.00000220. The zero-order chi connectivity index (χ0) is 14.5. The summed E-state index contributed by atoms with van der Waals surface area (Å²) in [6.07, 6.45) is 0. The van der Waals surface area contributed by atoms with Crippen molar-refractivity contribution in [2.45, 2.75) is 13.8 Å². The van der Waals surface area contributed by atoms with Crippen LogP contribution in [0, 0.1) is 6.92 Å². The third kappa shape index (κ3) is 5.58. The summed E-state index contributed by atoms with van der Waals surface area (Å²) in [5, 5.41) is 2.96. The van der Waals surface area contributed by atoms with E-state index in [0.717, 1.165) is 42.9 Å². The number of carbonyl (C=O) groups is 1. The summed E-state index contributed by atoms with van der Waals surface area (Å²) in [4.78, 5) is 16.7. The molecular weight excluding hydrogens is 354 g/mol. The zero-order valence-electron chi connectivity index (χ0n) is 12.5. The third-order valence-electron chi connectivity index (χ3n) is 3.73. The van der Waals surface area contributed by atoms with Gasteiger partial charge in [0.25, 0.3) is 0 Å². The minimum Gasteiger partial charge on any atom is -1.00 e. The standard InChI is InChI=1S/C15H22BrN3O.ClH/c1-3-18-6-8-19(9-7-18)11-15(20)17-13-5-4-12(2)14(16)10-13;/h4-5,10H,3,6-9,11H2,1-2H3,(H,17,20);1H/p-1. The Labute approximate surface area is 141 Å². The van der Waals surface area contributed by atoms with Crippen molar-refractivity contribution >= 4 is 27.5 Å². The summed E-state index contributed by atoms with van der Waals surface area (Å²) in [5.74, 6) is 0.0608.